The second-order valence-electron chi connectivity index (χ2n) is 3.35. The molecule has 0 amide bonds. The predicted molar refractivity (Wildman–Crippen MR) is 68.3 cm³/mol. The third kappa shape index (κ3) is 2.70. The zero-order valence-electron chi connectivity index (χ0n) is 8.59. The summed E-state index contributed by atoms with van der Waals surface area (Å²) in [5.41, 5.74) is 1.02. The minimum Gasteiger partial charge on any atom is -0.356 e. The lowest BCUT2D eigenvalue weighted by Gasteiger charge is -2.24. The third-order valence-electron chi connectivity index (χ3n) is 2.25. The van der Waals surface area contributed by atoms with Crippen LogP contribution in [0, 0.1) is 6.92 Å². The van der Waals surface area contributed by atoms with E-state index >= 15 is 0 Å². The second-order valence-corrected chi connectivity index (χ2v) is 4.85. The van der Waals surface area contributed by atoms with Gasteiger partial charge >= 0.3 is 0 Å². The van der Waals surface area contributed by atoms with E-state index in [1.807, 2.05) is 19.1 Å². The Balaban J connectivity index is 2.91. The van der Waals surface area contributed by atoms with Crippen molar-refractivity contribution in [3.8, 4) is 0 Å². The average molecular weight is 322 g/mol. The minimum atomic E-state index is 0.447. The summed E-state index contributed by atoms with van der Waals surface area (Å²) in [6, 6.07) is 4.51. The topological polar surface area (TPSA) is 16.1 Å². The smallest absolute Gasteiger partial charge is 0.128 e. The summed E-state index contributed by atoms with van der Waals surface area (Å²) in [6.07, 6.45) is 0. The van der Waals surface area contributed by atoms with Gasteiger partial charge < -0.3 is 4.90 Å². The van der Waals surface area contributed by atoms with E-state index in [0.717, 1.165) is 21.3 Å². The van der Waals surface area contributed by atoms with Gasteiger partial charge in [0, 0.05) is 22.9 Å². The molecule has 78 valence electrons. The minimum absolute atomic E-state index is 0.447. The molecule has 1 rings (SSSR count). The van der Waals surface area contributed by atoms with Crippen molar-refractivity contribution in [1.29, 1.82) is 0 Å². The molecule has 1 aromatic heterocycles. The molecule has 0 radical (unpaired) electrons. The fourth-order valence-electron chi connectivity index (χ4n) is 1.06. The first-order chi connectivity index (χ1) is 6.56. The van der Waals surface area contributed by atoms with Gasteiger partial charge in [0.05, 0.1) is 5.69 Å². The van der Waals surface area contributed by atoms with E-state index in [0.29, 0.717) is 6.04 Å². The van der Waals surface area contributed by atoms with E-state index in [9.17, 15) is 0 Å². The van der Waals surface area contributed by atoms with Gasteiger partial charge in [0.1, 0.15) is 5.82 Å². The van der Waals surface area contributed by atoms with Gasteiger partial charge in [0.2, 0.25) is 0 Å². The second kappa shape index (κ2) is 5.12. The van der Waals surface area contributed by atoms with Crippen molar-refractivity contribution in [2.75, 3.05) is 17.3 Å². The van der Waals surface area contributed by atoms with Crippen LogP contribution in [0.15, 0.2) is 16.6 Å². The monoisotopic (exact) mass is 320 g/mol. The Bertz CT molecular complexity index is 315. The summed E-state index contributed by atoms with van der Waals surface area (Å²) in [6.45, 7) is 4.16. The van der Waals surface area contributed by atoms with E-state index in [1.165, 1.54) is 0 Å². The Morgan fingerprint density at radius 1 is 1.50 bits per heavy atom. The molecule has 1 unspecified atom stereocenters. The van der Waals surface area contributed by atoms with Crippen molar-refractivity contribution in [3.05, 3.63) is 22.3 Å². The molecule has 1 heterocycles. The molecule has 0 aliphatic heterocycles. The predicted octanol–water partition coefficient (Wildman–Crippen LogP) is 3.37. The van der Waals surface area contributed by atoms with Crippen LogP contribution < -0.4 is 4.90 Å². The number of anilines is 1. The van der Waals surface area contributed by atoms with Gasteiger partial charge in [-0.3, -0.25) is 0 Å². The van der Waals surface area contributed by atoms with E-state index in [4.69, 9.17) is 0 Å². The van der Waals surface area contributed by atoms with Gasteiger partial charge in [-0.25, -0.2) is 4.98 Å². The Morgan fingerprint density at radius 3 is 2.64 bits per heavy atom. The number of halogens is 2. The molecule has 1 aromatic rings. The number of aromatic nitrogens is 1. The Kier molecular flexibility index (Phi) is 4.38. The first-order valence-corrected chi connectivity index (χ1v) is 6.39. The molecule has 0 spiro atoms. The van der Waals surface area contributed by atoms with Crippen LogP contribution in [-0.4, -0.2) is 23.4 Å². The van der Waals surface area contributed by atoms with Crippen LogP contribution in [0.2, 0.25) is 0 Å². The van der Waals surface area contributed by atoms with Gasteiger partial charge in [-0.2, -0.15) is 0 Å². The molecule has 4 heteroatoms. The maximum absolute atomic E-state index is 4.50. The molecule has 0 aliphatic carbocycles. The van der Waals surface area contributed by atoms with E-state index in [1.54, 1.807) is 0 Å². The molecule has 0 N–H and O–H groups in total. The quantitative estimate of drug-likeness (QED) is 0.793. The lowest BCUT2D eigenvalue weighted by Crippen LogP contribution is -2.30. The number of alkyl halides is 1. The molecule has 0 saturated carbocycles. The van der Waals surface area contributed by atoms with Crippen LogP contribution in [0.4, 0.5) is 5.82 Å². The largest absolute Gasteiger partial charge is 0.356 e. The van der Waals surface area contributed by atoms with Crippen LogP contribution in [0.25, 0.3) is 0 Å². The van der Waals surface area contributed by atoms with Crippen LogP contribution in [-0.2, 0) is 0 Å². The van der Waals surface area contributed by atoms with Crippen molar-refractivity contribution in [3.63, 3.8) is 0 Å². The zero-order chi connectivity index (χ0) is 10.7. The summed E-state index contributed by atoms with van der Waals surface area (Å²) >= 11 is 6.91. The number of rotatable bonds is 3. The van der Waals surface area contributed by atoms with Crippen LogP contribution >= 0.6 is 31.9 Å². The number of hydrogen-bond donors (Lipinski definition) is 0. The normalized spacial score (nSPS) is 12.6. The highest BCUT2D eigenvalue weighted by molar-refractivity contribution is 9.10. The van der Waals surface area contributed by atoms with Gasteiger partial charge in [0.25, 0.3) is 0 Å². The lowest BCUT2D eigenvalue weighted by atomic mass is 10.3. The number of nitrogens with zero attached hydrogens (tertiary/aromatic N) is 2. The van der Waals surface area contributed by atoms with Crippen molar-refractivity contribution in [1.82, 2.24) is 4.98 Å². The van der Waals surface area contributed by atoms with Gasteiger partial charge in [-0.15, -0.1) is 0 Å². The van der Waals surface area contributed by atoms with Gasteiger partial charge in [-0.05, 0) is 41.9 Å². The number of hydrogen-bond acceptors (Lipinski definition) is 2. The van der Waals surface area contributed by atoms with Gasteiger partial charge in [-0.1, -0.05) is 15.9 Å². The van der Waals surface area contributed by atoms with Crippen molar-refractivity contribution < 1.29 is 0 Å². The van der Waals surface area contributed by atoms with Crippen LogP contribution in [0.3, 0.4) is 0 Å². The molecule has 14 heavy (non-hydrogen) atoms. The maximum atomic E-state index is 4.50. The first-order valence-electron chi connectivity index (χ1n) is 4.48. The molecule has 0 bridgehead atoms. The van der Waals surface area contributed by atoms with E-state index in [-0.39, 0.29) is 0 Å². The molecule has 0 aliphatic rings. The lowest BCUT2D eigenvalue weighted by molar-refractivity contribution is 0.755. The third-order valence-corrected chi connectivity index (χ3v) is 4.03. The Hall–Kier alpha value is -0.0900. The fraction of sp³-hybridized carbons (Fsp3) is 0.500. The van der Waals surface area contributed by atoms with Crippen molar-refractivity contribution in [2.24, 2.45) is 0 Å². The van der Waals surface area contributed by atoms with Crippen molar-refractivity contribution in [2.45, 2.75) is 19.9 Å². The summed E-state index contributed by atoms with van der Waals surface area (Å²) in [5, 5.41) is 0.945. The molecule has 1 atom stereocenters. The average Bonchev–Trinajstić information content (AvgIpc) is 2.20. The highest BCUT2D eigenvalue weighted by Crippen LogP contribution is 2.19. The molecule has 0 aromatic carbocycles. The number of aryl methyl sites for hydroxylation is 1. The van der Waals surface area contributed by atoms with E-state index < -0.39 is 0 Å². The molecular formula is C10H14Br2N2. The molecule has 0 fully saturated rings. The zero-order valence-corrected chi connectivity index (χ0v) is 11.8. The summed E-state index contributed by atoms with van der Waals surface area (Å²) in [5.74, 6) is 1.01. The van der Waals surface area contributed by atoms with E-state index in [2.05, 4.69) is 55.7 Å². The van der Waals surface area contributed by atoms with Gasteiger partial charge in [0.15, 0.2) is 0 Å². The van der Waals surface area contributed by atoms with Crippen LogP contribution in [0.1, 0.15) is 12.6 Å². The standard InChI is InChI=1S/C10H14Br2N2/c1-7(6-11)14(3)10-5-4-9(12)8(2)13-10/h4-5,7H,6H2,1-3H3. The van der Waals surface area contributed by atoms with Crippen molar-refractivity contribution >= 4 is 37.7 Å². The first kappa shape index (κ1) is 12.0. The highest BCUT2D eigenvalue weighted by atomic mass is 79.9. The Morgan fingerprint density at radius 2 is 2.14 bits per heavy atom. The molecule has 0 saturated heterocycles. The molecule has 2 nitrogen and oxygen atoms in total. The summed E-state index contributed by atoms with van der Waals surface area (Å²) < 4.78 is 1.06. The Labute approximate surface area is 102 Å². The SMILES string of the molecule is Cc1nc(N(C)C(C)CBr)ccc1Br. The highest BCUT2D eigenvalue weighted by Gasteiger charge is 2.10. The van der Waals surface area contributed by atoms with Crippen LogP contribution in [0.5, 0.6) is 0 Å². The maximum Gasteiger partial charge on any atom is 0.128 e. The number of pyridine rings is 1. The summed E-state index contributed by atoms with van der Waals surface area (Å²) in [4.78, 5) is 6.66. The fourth-order valence-corrected chi connectivity index (χ4v) is 1.71. The molecular weight excluding hydrogens is 308 g/mol. The summed E-state index contributed by atoms with van der Waals surface area (Å²) in [7, 11) is 2.06.